The number of nitrogens with one attached hydrogen (secondary N) is 1. The minimum Gasteiger partial charge on any atom is -0.384 e. The Hall–Kier alpha value is -2.88. The fraction of sp³-hybridized carbons (Fsp3) is 0.0588. The molecule has 0 amide bonds. The number of nitrogens with zero attached hydrogens (tertiary/aromatic N) is 2. The number of anilines is 2. The van der Waals surface area contributed by atoms with Crippen LogP contribution in [0.5, 0.6) is 0 Å². The number of aromatic nitrogens is 1. The maximum atomic E-state index is 7.73. The molecule has 0 aliphatic carbocycles. The molecule has 0 bridgehead atoms. The normalized spacial score (nSPS) is 10.5. The van der Waals surface area contributed by atoms with Crippen molar-refractivity contribution in [3.63, 3.8) is 0 Å². The number of para-hydroxylation sites is 2. The van der Waals surface area contributed by atoms with Crippen LogP contribution in [0.15, 0.2) is 60.8 Å². The molecule has 0 radical (unpaired) electrons. The lowest BCUT2D eigenvalue weighted by atomic mass is 10.1. The molecule has 0 fully saturated rings. The Morgan fingerprint density at radius 2 is 1.71 bits per heavy atom. The summed E-state index contributed by atoms with van der Waals surface area (Å²) in [5.74, 6) is 0.0656. The highest BCUT2D eigenvalue weighted by Gasteiger charge is 2.13. The Kier molecular flexibility index (Phi) is 3.28. The molecule has 0 aliphatic heterocycles. The number of nitrogens with two attached hydrogens (primary N) is 1. The average Bonchev–Trinajstić information content (AvgIpc) is 2.53. The summed E-state index contributed by atoms with van der Waals surface area (Å²) < 4.78 is 0. The highest BCUT2D eigenvalue weighted by molar-refractivity contribution is 6.02. The molecular weight excluding hydrogens is 260 g/mol. The summed E-state index contributed by atoms with van der Waals surface area (Å²) in [7, 11) is 1.98. The van der Waals surface area contributed by atoms with Crippen molar-refractivity contribution in [1.29, 1.82) is 5.41 Å². The monoisotopic (exact) mass is 276 g/mol. The van der Waals surface area contributed by atoms with Gasteiger partial charge in [-0.05, 0) is 24.3 Å². The van der Waals surface area contributed by atoms with E-state index in [1.54, 1.807) is 6.20 Å². The second-order valence-corrected chi connectivity index (χ2v) is 4.84. The van der Waals surface area contributed by atoms with Gasteiger partial charge in [0.1, 0.15) is 5.84 Å². The van der Waals surface area contributed by atoms with Gasteiger partial charge in [-0.25, -0.2) is 0 Å². The van der Waals surface area contributed by atoms with Crippen molar-refractivity contribution >= 4 is 28.1 Å². The van der Waals surface area contributed by atoms with Crippen LogP contribution >= 0.6 is 0 Å². The first-order valence-corrected chi connectivity index (χ1v) is 6.69. The van der Waals surface area contributed by atoms with Gasteiger partial charge in [-0.1, -0.05) is 30.3 Å². The number of hydrogen-bond acceptors (Lipinski definition) is 3. The van der Waals surface area contributed by atoms with Gasteiger partial charge in [-0.3, -0.25) is 10.4 Å². The molecule has 0 unspecified atom stereocenters. The Morgan fingerprint density at radius 3 is 2.52 bits per heavy atom. The van der Waals surface area contributed by atoms with Crippen molar-refractivity contribution in [3.05, 3.63) is 66.4 Å². The number of nitrogen functional groups attached to an aromatic ring is 1. The quantitative estimate of drug-likeness (QED) is 0.570. The van der Waals surface area contributed by atoms with Gasteiger partial charge < -0.3 is 10.6 Å². The fourth-order valence-electron chi connectivity index (χ4n) is 2.50. The standard InChI is InChI=1S/C17H16N4/c1-21(15-9-5-3-7-13(15)17(18)19)16-10-11-20-14-8-4-2-6-12(14)16/h2-11H,1H3,(H3,18,19). The van der Waals surface area contributed by atoms with Crippen molar-refractivity contribution in [3.8, 4) is 0 Å². The predicted molar refractivity (Wildman–Crippen MR) is 87.3 cm³/mol. The van der Waals surface area contributed by atoms with Crippen molar-refractivity contribution < 1.29 is 0 Å². The van der Waals surface area contributed by atoms with Crippen LogP contribution in [0.3, 0.4) is 0 Å². The Morgan fingerprint density at radius 1 is 1.00 bits per heavy atom. The van der Waals surface area contributed by atoms with Crippen LogP contribution in [0.1, 0.15) is 5.56 Å². The van der Waals surface area contributed by atoms with Gasteiger partial charge in [0, 0.05) is 24.2 Å². The van der Waals surface area contributed by atoms with E-state index in [1.807, 2.05) is 66.5 Å². The van der Waals surface area contributed by atoms with E-state index < -0.39 is 0 Å². The Bertz CT molecular complexity index is 805. The van der Waals surface area contributed by atoms with Crippen LogP contribution in [0.4, 0.5) is 11.4 Å². The smallest absolute Gasteiger partial charge is 0.124 e. The molecule has 0 saturated heterocycles. The van der Waals surface area contributed by atoms with Crippen LogP contribution < -0.4 is 10.6 Å². The molecule has 4 nitrogen and oxygen atoms in total. The van der Waals surface area contributed by atoms with E-state index in [0.29, 0.717) is 0 Å². The number of fused-ring (bicyclic) bond motifs is 1. The van der Waals surface area contributed by atoms with E-state index in [0.717, 1.165) is 27.8 Å². The Labute approximate surface area is 123 Å². The van der Waals surface area contributed by atoms with Gasteiger partial charge in [0.05, 0.1) is 16.9 Å². The van der Waals surface area contributed by atoms with Gasteiger partial charge in [-0.2, -0.15) is 0 Å². The van der Waals surface area contributed by atoms with E-state index in [2.05, 4.69) is 4.98 Å². The SMILES string of the molecule is CN(c1ccccc1C(=N)N)c1ccnc2ccccc12. The summed E-state index contributed by atoms with van der Waals surface area (Å²) in [6.45, 7) is 0. The lowest BCUT2D eigenvalue weighted by Gasteiger charge is -2.23. The largest absolute Gasteiger partial charge is 0.384 e. The number of rotatable bonds is 3. The third kappa shape index (κ3) is 2.31. The second-order valence-electron chi connectivity index (χ2n) is 4.84. The third-order valence-electron chi connectivity index (χ3n) is 3.54. The van der Waals surface area contributed by atoms with Crippen LogP contribution in [-0.2, 0) is 0 Å². The van der Waals surface area contributed by atoms with E-state index in [9.17, 15) is 0 Å². The van der Waals surface area contributed by atoms with Crippen molar-refractivity contribution in [2.24, 2.45) is 5.73 Å². The van der Waals surface area contributed by atoms with Gasteiger partial charge in [0.2, 0.25) is 0 Å². The molecule has 1 heterocycles. The maximum Gasteiger partial charge on any atom is 0.124 e. The first kappa shape index (κ1) is 13.1. The summed E-state index contributed by atoms with van der Waals surface area (Å²) in [6, 6.07) is 17.6. The third-order valence-corrected chi connectivity index (χ3v) is 3.54. The zero-order valence-electron chi connectivity index (χ0n) is 11.7. The van der Waals surface area contributed by atoms with Crippen molar-refractivity contribution in [2.45, 2.75) is 0 Å². The lowest BCUT2D eigenvalue weighted by Crippen LogP contribution is -2.18. The first-order chi connectivity index (χ1) is 10.2. The van der Waals surface area contributed by atoms with Crippen LogP contribution in [-0.4, -0.2) is 17.9 Å². The molecule has 3 N–H and O–H groups in total. The number of hydrogen-bond donors (Lipinski definition) is 2. The Balaban J connectivity index is 2.18. The summed E-state index contributed by atoms with van der Waals surface area (Å²) in [5, 5.41) is 8.80. The van der Waals surface area contributed by atoms with Gasteiger partial charge >= 0.3 is 0 Å². The fourth-order valence-corrected chi connectivity index (χ4v) is 2.50. The predicted octanol–water partition coefficient (Wildman–Crippen LogP) is 3.29. The van der Waals surface area contributed by atoms with E-state index >= 15 is 0 Å². The highest BCUT2D eigenvalue weighted by Crippen LogP contribution is 2.31. The van der Waals surface area contributed by atoms with E-state index in [1.165, 1.54) is 0 Å². The van der Waals surface area contributed by atoms with Gasteiger partial charge in [0.25, 0.3) is 0 Å². The van der Waals surface area contributed by atoms with Crippen LogP contribution in [0.2, 0.25) is 0 Å². The molecule has 3 rings (SSSR count). The molecule has 1 aromatic heterocycles. The number of benzene rings is 2. The highest BCUT2D eigenvalue weighted by atomic mass is 15.1. The number of pyridine rings is 1. The lowest BCUT2D eigenvalue weighted by molar-refractivity contribution is 1.20. The summed E-state index contributed by atoms with van der Waals surface area (Å²) in [4.78, 5) is 6.42. The van der Waals surface area contributed by atoms with Crippen molar-refractivity contribution in [1.82, 2.24) is 4.98 Å². The first-order valence-electron chi connectivity index (χ1n) is 6.69. The van der Waals surface area contributed by atoms with Gasteiger partial charge in [0.15, 0.2) is 0 Å². The molecule has 3 aromatic rings. The molecular formula is C17H16N4. The van der Waals surface area contributed by atoms with Gasteiger partial charge in [-0.15, -0.1) is 0 Å². The summed E-state index contributed by atoms with van der Waals surface area (Å²) in [5.41, 5.74) is 9.30. The molecule has 0 saturated carbocycles. The van der Waals surface area contributed by atoms with Crippen LogP contribution in [0.25, 0.3) is 10.9 Å². The molecule has 4 heteroatoms. The average molecular weight is 276 g/mol. The van der Waals surface area contributed by atoms with E-state index in [4.69, 9.17) is 11.1 Å². The molecule has 0 atom stereocenters. The summed E-state index contributed by atoms with van der Waals surface area (Å²) in [6.07, 6.45) is 1.80. The maximum absolute atomic E-state index is 7.73. The molecule has 0 spiro atoms. The molecule has 2 aromatic carbocycles. The zero-order chi connectivity index (χ0) is 14.8. The van der Waals surface area contributed by atoms with Crippen LogP contribution in [0, 0.1) is 5.41 Å². The molecule has 0 aliphatic rings. The van der Waals surface area contributed by atoms with Crippen molar-refractivity contribution in [2.75, 3.05) is 11.9 Å². The minimum atomic E-state index is 0.0656. The zero-order valence-corrected chi connectivity index (χ0v) is 11.7. The summed E-state index contributed by atoms with van der Waals surface area (Å²) >= 11 is 0. The topological polar surface area (TPSA) is 66.0 Å². The molecule has 104 valence electrons. The second kappa shape index (κ2) is 5.25. The van der Waals surface area contributed by atoms with E-state index in [-0.39, 0.29) is 5.84 Å². The number of amidine groups is 1. The molecule has 21 heavy (non-hydrogen) atoms. The minimum absolute atomic E-state index is 0.0656.